The maximum atomic E-state index is 12.3. The number of hydrogen-bond donors (Lipinski definition) is 1. The lowest BCUT2D eigenvalue weighted by atomic mass is 10.2. The minimum absolute atomic E-state index is 0.0908. The van der Waals surface area contributed by atoms with Gasteiger partial charge in [0.2, 0.25) is 5.91 Å². The predicted octanol–water partition coefficient (Wildman–Crippen LogP) is 3.98. The van der Waals surface area contributed by atoms with Crippen molar-refractivity contribution >= 4 is 17.3 Å². The SMILES string of the molecule is CCCN(CC(=O)Nc1ccc(N(CC)C(C)C)cc1)CC1CC1. The summed E-state index contributed by atoms with van der Waals surface area (Å²) >= 11 is 0. The first-order valence-electron chi connectivity index (χ1n) is 9.42. The molecule has 1 N–H and O–H groups in total. The zero-order valence-electron chi connectivity index (χ0n) is 15.7. The molecule has 0 bridgehead atoms. The summed E-state index contributed by atoms with van der Waals surface area (Å²) in [4.78, 5) is 16.9. The lowest BCUT2D eigenvalue weighted by Crippen LogP contribution is -2.35. The van der Waals surface area contributed by atoms with Crippen LogP contribution in [0.1, 0.15) is 47.0 Å². The third-order valence-electron chi connectivity index (χ3n) is 4.57. The largest absolute Gasteiger partial charge is 0.369 e. The number of benzene rings is 1. The zero-order valence-corrected chi connectivity index (χ0v) is 15.7. The van der Waals surface area contributed by atoms with Gasteiger partial charge in [0.25, 0.3) is 0 Å². The number of carbonyl (C=O) groups excluding carboxylic acids is 1. The number of nitrogens with zero attached hydrogens (tertiary/aromatic N) is 2. The summed E-state index contributed by atoms with van der Waals surface area (Å²) in [5.74, 6) is 0.910. The molecule has 1 aliphatic carbocycles. The maximum Gasteiger partial charge on any atom is 0.238 e. The maximum absolute atomic E-state index is 12.3. The van der Waals surface area contributed by atoms with Crippen LogP contribution in [0.15, 0.2) is 24.3 Å². The minimum Gasteiger partial charge on any atom is -0.369 e. The molecule has 1 saturated carbocycles. The molecular formula is C20H33N3O. The molecule has 24 heavy (non-hydrogen) atoms. The summed E-state index contributed by atoms with van der Waals surface area (Å²) in [5.41, 5.74) is 2.08. The Hall–Kier alpha value is -1.55. The first-order chi connectivity index (χ1) is 11.5. The Labute approximate surface area is 147 Å². The molecule has 0 saturated heterocycles. The van der Waals surface area contributed by atoms with E-state index in [0.717, 1.165) is 37.7 Å². The highest BCUT2D eigenvalue weighted by Crippen LogP contribution is 2.29. The van der Waals surface area contributed by atoms with E-state index in [0.29, 0.717) is 12.6 Å². The van der Waals surface area contributed by atoms with Gasteiger partial charge in [0.1, 0.15) is 0 Å². The first-order valence-corrected chi connectivity index (χ1v) is 9.42. The van der Waals surface area contributed by atoms with Crippen LogP contribution in [0.5, 0.6) is 0 Å². The molecule has 0 aromatic heterocycles. The van der Waals surface area contributed by atoms with Crippen LogP contribution in [0.3, 0.4) is 0 Å². The Bertz CT molecular complexity index is 508. The number of amides is 1. The fourth-order valence-electron chi connectivity index (χ4n) is 3.20. The lowest BCUT2D eigenvalue weighted by molar-refractivity contribution is -0.117. The van der Waals surface area contributed by atoms with E-state index in [4.69, 9.17) is 0 Å². The Kier molecular flexibility index (Phi) is 7.10. The van der Waals surface area contributed by atoms with Gasteiger partial charge in [0.05, 0.1) is 6.54 Å². The molecule has 134 valence electrons. The van der Waals surface area contributed by atoms with E-state index in [2.05, 4.69) is 54.9 Å². The van der Waals surface area contributed by atoms with E-state index in [-0.39, 0.29) is 5.91 Å². The summed E-state index contributed by atoms with van der Waals surface area (Å²) in [6.07, 6.45) is 3.75. The van der Waals surface area contributed by atoms with Gasteiger partial charge < -0.3 is 10.2 Å². The van der Waals surface area contributed by atoms with E-state index in [1.165, 1.54) is 18.5 Å². The van der Waals surface area contributed by atoms with Crippen molar-refractivity contribution in [2.24, 2.45) is 5.92 Å². The minimum atomic E-state index is 0.0908. The van der Waals surface area contributed by atoms with E-state index in [1.54, 1.807) is 0 Å². The van der Waals surface area contributed by atoms with Crippen LogP contribution >= 0.6 is 0 Å². The fraction of sp³-hybridized carbons (Fsp3) is 0.650. The molecule has 1 aromatic carbocycles. The summed E-state index contributed by atoms with van der Waals surface area (Å²) in [6.45, 7) is 12.3. The molecule has 0 unspecified atom stereocenters. The highest BCUT2D eigenvalue weighted by Gasteiger charge is 2.24. The quantitative estimate of drug-likeness (QED) is 0.704. The second-order valence-electron chi connectivity index (χ2n) is 7.15. The van der Waals surface area contributed by atoms with Crippen molar-refractivity contribution in [2.45, 2.75) is 53.0 Å². The lowest BCUT2D eigenvalue weighted by Gasteiger charge is -2.27. The van der Waals surface area contributed by atoms with Gasteiger partial charge in [-0.05, 0) is 76.8 Å². The highest BCUT2D eigenvalue weighted by atomic mass is 16.2. The van der Waals surface area contributed by atoms with Gasteiger partial charge in [-0.15, -0.1) is 0 Å². The fourth-order valence-corrected chi connectivity index (χ4v) is 3.20. The smallest absolute Gasteiger partial charge is 0.238 e. The first kappa shape index (κ1) is 18.8. The number of nitrogens with one attached hydrogen (secondary N) is 1. The number of anilines is 2. The monoisotopic (exact) mass is 331 g/mol. The molecule has 1 aliphatic rings. The normalized spacial score (nSPS) is 14.2. The van der Waals surface area contributed by atoms with Gasteiger partial charge in [-0.3, -0.25) is 9.69 Å². The topological polar surface area (TPSA) is 35.6 Å². The molecular weight excluding hydrogens is 298 g/mol. The van der Waals surface area contributed by atoms with E-state index >= 15 is 0 Å². The second kappa shape index (κ2) is 9.07. The molecule has 4 nitrogen and oxygen atoms in total. The van der Waals surface area contributed by atoms with Crippen LogP contribution in [0.2, 0.25) is 0 Å². The third-order valence-corrected chi connectivity index (χ3v) is 4.57. The molecule has 1 amide bonds. The number of rotatable bonds is 10. The van der Waals surface area contributed by atoms with Crippen LogP contribution in [-0.2, 0) is 4.79 Å². The van der Waals surface area contributed by atoms with Gasteiger partial charge in [-0.25, -0.2) is 0 Å². The van der Waals surface area contributed by atoms with Crippen LogP contribution < -0.4 is 10.2 Å². The van der Waals surface area contributed by atoms with Gasteiger partial charge in [0, 0.05) is 30.5 Å². The number of carbonyl (C=O) groups is 1. The van der Waals surface area contributed by atoms with Crippen LogP contribution in [0, 0.1) is 5.92 Å². The standard InChI is InChI=1S/C20H33N3O/c1-5-13-22(14-17-7-8-17)15-20(24)21-18-9-11-19(12-10-18)23(6-2)16(3)4/h9-12,16-17H,5-8,13-15H2,1-4H3,(H,21,24). The number of hydrogen-bond acceptors (Lipinski definition) is 3. The van der Waals surface area contributed by atoms with Gasteiger partial charge in [-0.2, -0.15) is 0 Å². The molecule has 2 rings (SSSR count). The Morgan fingerprint density at radius 3 is 2.38 bits per heavy atom. The molecule has 0 spiro atoms. The summed E-state index contributed by atoms with van der Waals surface area (Å²) in [6, 6.07) is 8.66. The van der Waals surface area contributed by atoms with Crippen LogP contribution in [0.4, 0.5) is 11.4 Å². The van der Waals surface area contributed by atoms with E-state index in [1.807, 2.05) is 12.1 Å². The molecule has 4 heteroatoms. The zero-order chi connectivity index (χ0) is 17.5. The molecule has 1 fully saturated rings. The summed E-state index contributed by atoms with van der Waals surface area (Å²) in [7, 11) is 0. The van der Waals surface area contributed by atoms with E-state index in [9.17, 15) is 4.79 Å². The van der Waals surface area contributed by atoms with Crippen LogP contribution in [-0.4, -0.2) is 43.0 Å². The highest BCUT2D eigenvalue weighted by molar-refractivity contribution is 5.92. The third kappa shape index (κ3) is 5.82. The van der Waals surface area contributed by atoms with Crippen molar-refractivity contribution in [3.63, 3.8) is 0 Å². The van der Waals surface area contributed by atoms with E-state index < -0.39 is 0 Å². The van der Waals surface area contributed by atoms with Crippen molar-refractivity contribution in [2.75, 3.05) is 36.4 Å². The predicted molar refractivity (Wildman–Crippen MR) is 103 cm³/mol. The van der Waals surface area contributed by atoms with Crippen molar-refractivity contribution < 1.29 is 4.79 Å². The van der Waals surface area contributed by atoms with Crippen molar-refractivity contribution in [1.29, 1.82) is 0 Å². The van der Waals surface area contributed by atoms with Crippen molar-refractivity contribution in [3.05, 3.63) is 24.3 Å². The Morgan fingerprint density at radius 1 is 1.21 bits per heavy atom. The summed E-state index contributed by atoms with van der Waals surface area (Å²) in [5, 5.41) is 3.04. The Morgan fingerprint density at radius 2 is 1.88 bits per heavy atom. The van der Waals surface area contributed by atoms with Crippen molar-refractivity contribution in [3.8, 4) is 0 Å². The summed E-state index contributed by atoms with van der Waals surface area (Å²) < 4.78 is 0. The average Bonchev–Trinajstić information content (AvgIpc) is 3.33. The molecule has 0 radical (unpaired) electrons. The van der Waals surface area contributed by atoms with Gasteiger partial charge >= 0.3 is 0 Å². The Balaban J connectivity index is 1.88. The van der Waals surface area contributed by atoms with Crippen molar-refractivity contribution in [1.82, 2.24) is 4.90 Å². The molecule has 0 heterocycles. The van der Waals surface area contributed by atoms with Crippen LogP contribution in [0.25, 0.3) is 0 Å². The molecule has 0 atom stereocenters. The van der Waals surface area contributed by atoms with Gasteiger partial charge in [-0.1, -0.05) is 6.92 Å². The average molecular weight is 332 g/mol. The van der Waals surface area contributed by atoms with Gasteiger partial charge in [0.15, 0.2) is 0 Å². The second-order valence-corrected chi connectivity index (χ2v) is 7.15. The molecule has 0 aliphatic heterocycles. The molecule has 1 aromatic rings.